The molecular weight excluding hydrogens is 248 g/mol. The summed E-state index contributed by atoms with van der Waals surface area (Å²) in [7, 11) is 0. The summed E-state index contributed by atoms with van der Waals surface area (Å²) < 4.78 is 1.09. The molecule has 0 bridgehead atoms. The molecule has 0 aromatic carbocycles. The normalized spacial score (nSPS) is 12.0. The van der Waals surface area contributed by atoms with Crippen molar-refractivity contribution in [3.63, 3.8) is 0 Å². The molecule has 0 spiro atoms. The minimum absolute atomic E-state index is 0.442. The number of hydrogen-bond acceptors (Lipinski definition) is 2. The van der Waals surface area contributed by atoms with Gasteiger partial charge in [0, 0.05) is 11.3 Å². The fourth-order valence-corrected chi connectivity index (χ4v) is 2.50. The molecule has 1 N–H and O–H groups in total. The molecule has 0 aliphatic rings. The molecule has 0 amide bonds. The van der Waals surface area contributed by atoms with E-state index in [2.05, 4.69) is 27.8 Å². The SMILES string of the molecule is CC#CCC(O)c1cc(C)c(Br)s1. The summed E-state index contributed by atoms with van der Waals surface area (Å²) in [4.78, 5) is 0.979. The fourth-order valence-electron chi connectivity index (χ4n) is 0.947. The number of rotatable bonds is 2. The maximum atomic E-state index is 9.68. The number of aliphatic hydroxyl groups is 1. The van der Waals surface area contributed by atoms with Crippen molar-refractivity contribution in [2.45, 2.75) is 26.4 Å². The van der Waals surface area contributed by atoms with Crippen molar-refractivity contribution < 1.29 is 5.11 Å². The Kier molecular flexibility index (Phi) is 3.98. The van der Waals surface area contributed by atoms with Gasteiger partial charge in [-0.3, -0.25) is 0 Å². The van der Waals surface area contributed by atoms with Gasteiger partial charge in [0.1, 0.15) is 0 Å². The molecule has 0 saturated carbocycles. The molecule has 1 rings (SSSR count). The number of halogens is 1. The fraction of sp³-hybridized carbons (Fsp3) is 0.400. The molecule has 0 fully saturated rings. The maximum Gasteiger partial charge on any atom is 0.0991 e. The van der Waals surface area contributed by atoms with Gasteiger partial charge in [0.2, 0.25) is 0 Å². The van der Waals surface area contributed by atoms with Crippen molar-refractivity contribution in [3.05, 3.63) is 20.3 Å². The zero-order valence-electron chi connectivity index (χ0n) is 7.60. The highest BCUT2D eigenvalue weighted by molar-refractivity contribution is 9.11. The first-order chi connectivity index (χ1) is 6.15. The van der Waals surface area contributed by atoms with Gasteiger partial charge in [0.15, 0.2) is 0 Å². The molecule has 0 saturated heterocycles. The minimum atomic E-state index is -0.442. The van der Waals surface area contributed by atoms with Crippen molar-refractivity contribution in [1.82, 2.24) is 0 Å². The second-order valence-electron chi connectivity index (χ2n) is 2.75. The standard InChI is InChI=1S/C10H11BrOS/c1-3-4-5-8(12)9-6-7(2)10(11)13-9/h6,8,12H,5H2,1-2H3. The van der Waals surface area contributed by atoms with Crippen LogP contribution in [0.4, 0.5) is 0 Å². The molecule has 1 aromatic rings. The molecule has 0 radical (unpaired) electrons. The molecule has 3 heteroatoms. The molecule has 1 atom stereocenters. The quantitative estimate of drug-likeness (QED) is 0.808. The largest absolute Gasteiger partial charge is 0.387 e. The predicted molar refractivity (Wildman–Crippen MR) is 59.8 cm³/mol. The van der Waals surface area contributed by atoms with Crippen molar-refractivity contribution >= 4 is 27.3 Å². The van der Waals surface area contributed by atoms with Crippen LogP contribution in [0.2, 0.25) is 0 Å². The molecule has 13 heavy (non-hydrogen) atoms. The van der Waals surface area contributed by atoms with Crippen molar-refractivity contribution in [2.75, 3.05) is 0 Å². The smallest absolute Gasteiger partial charge is 0.0991 e. The summed E-state index contributed by atoms with van der Waals surface area (Å²) in [6, 6.07) is 2.00. The van der Waals surface area contributed by atoms with E-state index in [4.69, 9.17) is 0 Å². The van der Waals surface area contributed by atoms with Crippen molar-refractivity contribution in [2.24, 2.45) is 0 Å². The average molecular weight is 259 g/mol. The van der Waals surface area contributed by atoms with E-state index in [0.29, 0.717) is 6.42 Å². The van der Waals surface area contributed by atoms with Gasteiger partial charge >= 0.3 is 0 Å². The Morgan fingerprint density at radius 2 is 2.38 bits per heavy atom. The second-order valence-corrected chi connectivity index (χ2v) is 5.15. The minimum Gasteiger partial charge on any atom is -0.387 e. The lowest BCUT2D eigenvalue weighted by Gasteiger charge is -2.01. The van der Waals surface area contributed by atoms with Gasteiger partial charge in [-0.05, 0) is 41.4 Å². The summed E-state index contributed by atoms with van der Waals surface area (Å²) in [5.74, 6) is 5.64. The number of aryl methyl sites for hydroxylation is 1. The van der Waals surface area contributed by atoms with Crippen LogP contribution in [0.25, 0.3) is 0 Å². The lowest BCUT2D eigenvalue weighted by Crippen LogP contribution is -1.91. The van der Waals surface area contributed by atoms with Crippen LogP contribution in [0.3, 0.4) is 0 Å². The molecule has 1 aromatic heterocycles. The second kappa shape index (κ2) is 4.80. The van der Waals surface area contributed by atoms with E-state index in [9.17, 15) is 5.11 Å². The van der Waals surface area contributed by atoms with Gasteiger partial charge in [-0.25, -0.2) is 0 Å². The number of thiophene rings is 1. The van der Waals surface area contributed by atoms with Crippen LogP contribution >= 0.6 is 27.3 Å². The third kappa shape index (κ3) is 2.84. The Morgan fingerprint density at radius 3 is 2.85 bits per heavy atom. The van der Waals surface area contributed by atoms with Crippen LogP contribution in [0.1, 0.15) is 29.9 Å². The zero-order chi connectivity index (χ0) is 9.84. The highest BCUT2D eigenvalue weighted by atomic mass is 79.9. The van der Waals surface area contributed by atoms with E-state index in [1.807, 2.05) is 13.0 Å². The Balaban J connectivity index is 2.75. The van der Waals surface area contributed by atoms with Crippen molar-refractivity contribution in [3.8, 4) is 11.8 Å². The molecule has 1 unspecified atom stereocenters. The van der Waals surface area contributed by atoms with Crippen LogP contribution in [-0.2, 0) is 0 Å². The summed E-state index contributed by atoms with van der Waals surface area (Å²) in [6.07, 6.45) is 0.0746. The van der Waals surface area contributed by atoms with Crippen molar-refractivity contribution in [1.29, 1.82) is 0 Å². The van der Waals surface area contributed by atoms with E-state index in [1.165, 1.54) is 5.56 Å². The highest BCUT2D eigenvalue weighted by Crippen LogP contribution is 2.32. The van der Waals surface area contributed by atoms with Gasteiger partial charge < -0.3 is 5.11 Å². The first-order valence-electron chi connectivity index (χ1n) is 3.98. The van der Waals surface area contributed by atoms with Gasteiger partial charge in [-0.15, -0.1) is 23.2 Å². The van der Waals surface area contributed by atoms with E-state index in [-0.39, 0.29) is 0 Å². The van der Waals surface area contributed by atoms with Gasteiger partial charge in [0.05, 0.1) is 9.89 Å². The van der Waals surface area contributed by atoms with Crippen LogP contribution in [0.15, 0.2) is 9.85 Å². The summed E-state index contributed by atoms with van der Waals surface area (Å²) >= 11 is 5.00. The predicted octanol–water partition coefficient (Wildman–Crippen LogP) is 3.27. The van der Waals surface area contributed by atoms with E-state index >= 15 is 0 Å². The molecule has 0 aliphatic heterocycles. The summed E-state index contributed by atoms with van der Waals surface area (Å²) in [5.41, 5.74) is 1.17. The molecule has 1 heterocycles. The van der Waals surface area contributed by atoms with Crippen LogP contribution in [0.5, 0.6) is 0 Å². The van der Waals surface area contributed by atoms with E-state index in [1.54, 1.807) is 18.3 Å². The lowest BCUT2D eigenvalue weighted by molar-refractivity contribution is 0.188. The molecule has 1 nitrogen and oxygen atoms in total. The summed E-state index contributed by atoms with van der Waals surface area (Å²) in [5, 5.41) is 9.68. The van der Waals surface area contributed by atoms with E-state index in [0.717, 1.165) is 8.66 Å². The number of hydrogen-bond donors (Lipinski definition) is 1. The van der Waals surface area contributed by atoms with Crippen LogP contribution in [0, 0.1) is 18.8 Å². The Hall–Kier alpha value is -0.300. The average Bonchev–Trinajstić information content (AvgIpc) is 2.43. The Bertz CT molecular complexity index is 326. The van der Waals surface area contributed by atoms with E-state index < -0.39 is 6.10 Å². The van der Waals surface area contributed by atoms with Gasteiger partial charge in [-0.2, -0.15) is 0 Å². The lowest BCUT2D eigenvalue weighted by atomic mass is 10.2. The highest BCUT2D eigenvalue weighted by Gasteiger charge is 2.10. The first-order valence-corrected chi connectivity index (χ1v) is 5.59. The van der Waals surface area contributed by atoms with Crippen LogP contribution < -0.4 is 0 Å². The van der Waals surface area contributed by atoms with Gasteiger partial charge in [-0.1, -0.05) is 0 Å². The summed E-state index contributed by atoms with van der Waals surface area (Å²) in [6.45, 7) is 3.80. The number of aliphatic hydroxyl groups excluding tert-OH is 1. The van der Waals surface area contributed by atoms with Gasteiger partial charge in [0.25, 0.3) is 0 Å². The molecule has 0 aliphatic carbocycles. The first kappa shape index (κ1) is 10.8. The topological polar surface area (TPSA) is 20.2 Å². The Morgan fingerprint density at radius 1 is 1.69 bits per heavy atom. The maximum absolute atomic E-state index is 9.68. The monoisotopic (exact) mass is 258 g/mol. The molecule has 70 valence electrons. The van der Waals surface area contributed by atoms with Crippen LogP contribution in [-0.4, -0.2) is 5.11 Å². The third-order valence-electron chi connectivity index (χ3n) is 1.68. The third-order valence-corrected chi connectivity index (χ3v) is 3.91. The molecular formula is C10H11BrOS. The Labute approximate surface area is 90.9 Å². The zero-order valence-corrected chi connectivity index (χ0v) is 10.00.